The SMILES string of the molecule is CC[C@H]1O[C@@](C#N)(c2ccc3c(NC(=O)c4ccccc4)ncnn23)[C@@H]2OC(C)(C)O[C@@H]21. The van der Waals surface area contributed by atoms with E-state index < -0.39 is 17.5 Å². The third-order valence-corrected chi connectivity index (χ3v) is 5.90. The molecule has 2 fully saturated rings. The van der Waals surface area contributed by atoms with Gasteiger partial charge in [-0.2, -0.15) is 10.4 Å². The molecule has 0 aliphatic carbocycles. The van der Waals surface area contributed by atoms with E-state index in [-0.39, 0.29) is 18.1 Å². The molecular weight excluding hydrogens is 410 g/mol. The fourth-order valence-electron chi connectivity index (χ4n) is 4.50. The zero-order chi connectivity index (χ0) is 22.5. The Bertz CT molecular complexity index is 1220. The Labute approximate surface area is 184 Å². The maximum Gasteiger partial charge on any atom is 0.256 e. The monoisotopic (exact) mass is 433 g/mol. The van der Waals surface area contributed by atoms with E-state index in [0.717, 1.165) is 0 Å². The first-order valence-electron chi connectivity index (χ1n) is 10.5. The van der Waals surface area contributed by atoms with Crippen LogP contribution in [0.25, 0.3) is 5.52 Å². The van der Waals surface area contributed by atoms with Gasteiger partial charge in [0.05, 0.1) is 11.8 Å². The molecule has 32 heavy (non-hydrogen) atoms. The van der Waals surface area contributed by atoms with Gasteiger partial charge >= 0.3 is 0 Å². The Kier molecular flexibility index (Phi) is 4.74. The van der Waals surface area contributed by atoms with Crippen molar-refractivity contribution in [1.29, 1.82) is 5.26 Å². The maximum absolute atomic E-state index is 12.6. The zero-order valence-corrected chi connectivity index (χ0v) is 18.0. The normalized spacial score (nSPS) is 28.4. The second-order valence-corrected chi connectivity index (χ2v) is 8.38. The molecule has 1 amide bonds. The van der Waals surface area contributed by atoms with Crippen LogP contribution in [-0.4, -0.2) is 44.6 Å². The lowest BCUT2D eigenvalue weighted by molar-refractivity contribution is -0.201. The van der Waals surface area contributed by atoms with E-state index in [2.05, 4.69) is 21.5 Å². The van der Waals surface area contributed by atoms with Crippen molar-refractivity contribution >= 4 is 17.2 Å². The predicted molar refractivity (Wildman–Crippen MR) is 114 cm³/mol. The average Bonchev–Trinajstić information content (AvgIpc) is 3.45. The molecular formula is C23H23N5O4. The summed E-state index contributed by atoms with van der Waals surface area (Å²) in [5.74, 6) is -0.786. The number of nitrogens with zero attached hydrogens (tertiary/aromatic N) is 4. The highest BCUT2D eigenvalue weighted by Gasteiger charge is 2.64. The first kappa shape index (κ1) is 20.6. The number of hydrogen-bond acceptors (Lipinski definition) is 7. The van der Waals surface area contributed by atoms with Crippen molar-refractivity contribution in [2.24, 2.45) is 0 Å². The number of anilines is 1. The Morgan fingerprint density at radius 2 is 1.97 bits per heavy atom. The highest BCUT2D eigenvalue weighted by molar-refractivity contribution is 6.05. The van der Waals surface area contributed by atoms with Gasteiger partial charge in [-0.15, -0.1) is 0 Å². The number of benzene rings is 1. The molecule has 9 heteroatoms. The summed E-state index contributed by atoms with van der Waals surface area (Å²) < 4.78 is 20.1. The van der Waals surface area contributed by atoms with Crippen molar-refractivity contribution in [1.82, 2.24) is 14.6 Å². The molecule has 164 valence electrons. The van der Waals surface area contributed by atoms with E-state index in [4.69, 9.17) is 14.2 Å². The molecule has 0 radical (unpaired) electrons. The van der Waals surface area contributed by atoms with E-state index in [0.29, 0.717) is 29.0 Å². The van der Waals surface area contributed by atoms with Crippen LogP contribution in [0.15, 0.2) is 48.8 Å². The van der Waals surface area contributed by atoms with Crippen LogP contribution < -0.4 is 5.32 Å². The molecule has 0 saturated carbocycles. The van der Waals surface area contributed by atoms with Crippen LogP contribution in [-0.2, 0) is 19.8 Å². The molecule has 0 unspecified atom stereocenters. The number of carbonyl (C=O) groups excluding carboxylic acids is 1. The Hall–Kier alpha value is -3.32. The molecule has 0 bridgehead atoms. The van der Waals surface area contributed by atoms with E-state index in [1.54, 1.807) is 40.9 Å². The molecule has 0 spiro atoms. The first-order valence-corrected chi connectivity index (χ1v) is 10.5. The van der Waals surface area contributed by atoms with Gasteiger partial charge in [0.25, 0.3) is 5.91 Å². The van der Waals surface area contributed by atoms with Crippen molar-refractivity contribution in [2.45, 2.75) is 56.9 Å². The third-order valence-electron chi connectivity index (χ3n) is 5.90. The summed E-state index contributed by atoms with van der Waals surface area (Å²) in [7, 11) is 0. The van der Waals surface area contributed by atoms with E-state index in [1.807, 2.05) is 26.8 Å². The van der Waals surface area contributed by atoms with Crippen molar-refractivity contribution in [3.8, 4) is 6.07 Å². The minimum Gasteiger partial charge on any atom is -0.346 e. The smallest absolute Gasteiger partial charge is 0.256 e. The van der Waals surface area contributed by atoms with E-state index >= 15 is 0 Å². The summed E-state index contributed by atoms with van der Waals surface area (Å²) in [6.07, 6.45) is 0.705. The Morgan fingerprint density at radius 1 is 1.19 bits per heavy atom. The van der Waals surface area contributed by atoms with Crippen LogP contribution in [0.4, 0.5) is 5.82 Å². The molecule has 4 heterocycles. The van der Waals surface area contributed by atoms with Gasteiger partial charge in [-0.1, -0.05) is 25.1 Å². The van der Waals surface area contributed by atoms with Crippen LogP contribution >= 0.6 is 0 Å². The van der Waals surface area contributed by atoms with Gasteiger partial charge in [-0.25, -0.2) is 9.50 Å². The Balaban J connectivity index is 1.56. The number of carbonyl (C=O) groups is 1. The Morgan fingerprint density at radius 3 is 2.69 bits per heavy atom. The number of hydrogen-bond donors (Lipinski definition) is 1. The number of aromatic nitrogens is 3. The topological polar surface area (TPSA) is 111 Å². The molecule has 4 atom stereocenters. The number of amides is 1. The number of fused-ring (bicyclic) bond motifs is 2. The summed E-state index contributed by atoms with van der Waals surface area (Å²) >= 11 is 0. The molecule has 5 rings (SSSR count). The summed E-state index contributed by atoms with van der Waals surface area (Å²) in [6.45, 7) is 5.64. The van der Waals surface area contributed by atoms with E-state index in [1.165, 1.54) is 6.33 Å². The third kappa shape index (κ3) is 3.07. The fourth-order valence-corrected chi connectivity index (χ4v) is 4.50. The standard InChI is InChI=1S/C23H23N5O4/c1-4-16-18-19(32-22(2,3)31-18)23(12-24,30-16)17-11-10-15-20(25-13-26-28(15)17)27-21(29)14-8-6-5-7-9-14/h5-11,13,16,18-19H,4H2,1-3H3,(H,25,26,27,29)/t16-,18-,19-,23+/m1/s1. The average molecular weight is 433 g/mol. The summed E-state index contributed by atoms with van der Waals surface area (Å²) in [4.78, 5) is 16.9. The highest BCUT2D eigenvalue weighted by Crippen LogP contribution is 2.49. The quantitative estimate of drug-likeness (QED) is 0.673. The van der Waals surface area contributed by atoms with Gasteiger partial charge in [0, 0.05) is 5.56 Å². The molecule has 2 aliphatic rings. The summed E-state index contributed by atoms with van der Waals surface area (Å²) in [6, 6.07) is 14.7. The number of ether oxygens (including phenoxy) is 3. The van der Waals surface area contributed by atoms with Gasteiger partial charge in [-0.3, -0.25) is 4.79 Å². The van der Waals surface area contributed by atoms with E-state index in [9.17, 15) is 10.1 Å². The van der Waals surface area contributed by atoms with Crippen molar-refractivity contribution in [2.75, 3.05) is 5.32 Å². The lowest BCUT2D eigenvalue weighted by Gasteiger charge is -2.28. The zero-order valence-electron chi connectivity index (χ0n) is 18.0. The van der Waals surface area contributed by atoms with Crippen LogP contribution in [0.3, 0.4) is 0 Å². The maximum atomic E-state index is 12.6. The molecule has 1 aromatic carbocycles. The largest absolute Gasteiger partial charge is 0.346 e. The minimum atomic E-state index is -1.42. The fraction of sp³-hybridized carbons (Fsp3) is 0.391. The molecule has 1 N–H and O–H groups in total. The molecule has 2 aromatic heterocycles. The lowest BCUT2D eigenvalue weighted by Crippen LogP contribution is -2.40. The number of nitrogens with one attached hydrogen (secondary N) is 1. The lowest BCUT2D eigenvalue weighted by atomic mass is 9.92. The van der Waals surface area contributed by atoms with Gasteiger partial charge in [0.2, 0.25) is 5.60 Å². The summed E-state index contributed by atoms with van der Waals surface area (Å²) in [5.41, 5.74) is 0.135. The van der Waals surface area contributed by atoms with Gasteiger partial charge in [0.1, 0.15) is 30.1 Å². The first-order chi connectivity index (χ1) is 15.4. The molecule has 2 aliphatic heterocycles. The van der Waals surface area contributed by atoms with Crippen LogP contribution in [0, 0.1) is 11.3 Å². The second-order valence-electron chi connectivity index (χ2n) is 8.38. The van der Waals surface area contributed by atoms with Gasteiger partial charge < -0.3 is 19.5 Å². The summed E-state index contributed by atoms with van der Waals surface area (Å²) in [5, 5.41) is 17.5. The van der Waals surface area contributed by atoms with Crippen LogP contribution in [0.5, 0.6) is 0 Å². The predicted octanol–water partition coefficient (Wildman–Crippen LogP) is 3.03. The van der Waals surface area contributed by atoms with Gasteiger partial charge in [0.15, 0.2) is 11.6 Å². The van der Waals surface area contributed by atoms with Crippen LogP contribution in [0.2, 0.25) is 0 Å². The second kappa shape index (κ2) is 7.38. The van der Waals surface area contributed by atoms with Crippen LogP contribution in [0.1, 0.15) is 43.2 Å². The van der Waals surface area contributed by atoms with Crippen molar-refractivity contribution in [3.63, 3.8) is 0 Å². The molecule has 3 aromatic rings. The van der Waals surface area contributed by atoms with Crippen molar-refractivity contribution in [3.05, 3.63) is 60.0 Å². The number of rotatable bonds is 4. The molecule has 2 saturated heterocycles. The van der Waals surface area contributed by atoms with Crippen molar-refractivity contribution < 1.29 is 19.0 Å². The number of nitriles is 1. The highest BCUT2D eigenvalue weighted by atomic mass is 16.8. The van der Waals surface area contributed by atoms with Gasteiger partial charge in [-0.05, 0) is 44.5 Å². The minimum absolute atomic E-state index is 0.290. The molecule has 9 nitrogen and oxygen atoms in total.